The molecule has 0 aliphatic carbocycles. The van der Waals surface area contributed by atoms with Gasteiger partial charge in [-0.05, 0) is 25.1 Å². The van der Waals surface area contributed by atoms with Gasteiger partial charge in [-0.25, -0.2) is 0 Å². The van der Waals surface area contributed by atoms with E-state index in [9.17, 15) is 4.79 Å². The van der Waals surface area contributed by atoms with Crippen LogP contribution in [0.1, 0.15) is 6.92 Å². The molecule has 0 atom stereocenters. The second-order valence-electron chi connectivity index (χ2n) is 3.68. The third-order valence-corrected chi connectivity index (χ3v) is 2.86. The van der Waals surface area contributed by atoms with Gasteiger partial charge in [0, 0.05) is 18.9 Å². The summed E-state index contributed by atoms with van der Waals surface area (Å²) in [6.45, 7) is 2.62. The molecule has 0 aliphatic heterocycles. The van der Waals surface area contributed by atoms with Gasteiger partial charge in [0.25, 0.3) is 5.56 Å². The second-order valence-corrected chi connectivity index (χ2v) is 3.68. The number of aryl methyl sites for hydroxylation is 1. The van der Waals surface area contributed by atoms with E-state index in [0.29, 0.717) is 12.1 Å². The molecule has 3 aromatic heterocycles. The van der Waals surface area contributed by atoms with E-state index in [1.165, 1.54) is 0 Å². The molecule has 0 radical (unpaired) electrons. The van der Waals surface area contributed by atoms with Gasteiger partial charge in [-0.3, -0.25) is 9.78 Å². The van der Waals surface area contributed by atoms with Crippen molar-refractivity contribution in [2.75, 3.05) is 0 Å². The highest BCUT2D eigenvalue weighted by Crippen LogP contribution is 2.13. The molecule has 3 rings (SSSR count). The summed E-state index contributed by atoms with van der Waals surface area (Å²) in [4.78, 5) is 16.2. The van der Waals surface area contributed by atoms with Crippen molar-refractivity contribution in [3.63, 3.8) is 0 Å². The standard InChI is InChI=1S/C12H11N3O/c1-2-14-11-8-13-6-5-9(11)15-7-3-4-10(15)12(14)16/h3-8H,2H2,1H3. The summed E-state index contributed by atoms with van der Waals surface area (Å²) in [7, 11) is 0. The summed E-state index contributed by atoms with van der Waals surface area (Å²) in [5.41, 5.74) is 2.63. The number of nitrogens with zero attached hydrogens (tertiary/aromatic N) is 3. The molecule has 0 unspecified atom stereocenters. The van der Waals surface area contributed by atoms with Crippen LogP contribution in [0.4, 0.5) is 0 Å². The summed E-state index contributed by atoms with van der Waals surface area (Å²) in [6.07, 6.45) is 5.38. The van der Waals surface area contributed by atoms with Crippen molar-refractivity contribution >= 4 is 16.6 Å². The molecule has 80 valence electrons. The minimum Gasteiger partial charge on any atom is -0.310 e. The van der Waals surface area contributed by atoms with Crippen LogP contribution in [-0.2, 0) is 6.54 Å². The third-order valence-electron chi connectivity index (χ3n) is 2.86. The van der Waals surface area contributed by atoms with Crippen molar-refractivity contribution in [1.29, 1.82) is 0 Å². The van der Waals surface area contributed by atoms with Gasteiger partial charge in [0.2, 0.25) is 0 Å². The maximum absolute atomic E-state index is 12.1. The molecule has 0 aliphatic rings. The molecule has 16 heavy (non-hydrogen) atoms. The van der Waals surface area contributed by atoms with Crippen LogP contribution < -0.4 is 5.56 Å². The lowest BCUT2D eigenvalue weighted by molar-refractivity contribution is 0.757. The maximum Gasteiger partial charge on any atom is 0.275 e. The highest BCUT2D eigenvalue weighted by Gasteiger charge is 2.08. The van der Waals surface area contributed by atoms with Crippen molar-refractivity contribution < 1.29 is 0 Å². The van der Waals surface area contributed by atoms with E-state index in [4.69, 9.17) is 0 Å². The van der Waals surface area contributed by atoms with Gasteiger partial charge in [0.1, 0.15) is 5.52 Å². The lowest BCUT2D eigenvalue weighted by Crippen LogP contribution is -2.21. The minimum atomic E-state index is 0.0352. The molecular weight excluding hydrogens is 202 g/mol. The fraction of sp³-hybridized carbons (Fsp3) is 0.167. The molecule has 0 aromatic carbocycles. The molecule has 0 spiro atoms. The number of pyridine rings is 1. The fourth-order valence-corrected chi connectivity index (χ4v) is 2.12. The zero-order chi connectivity index (χ0) is 11.1. The van der Waals surface area contributed by atoms with Crippen molar-refractivity contribution in [3.05, 3.63) is 47.1 Å². The highest BCUT2D eigenvalue weighted by molar-refractivity contribution is 5.77. The SMILES string of the molecule is CCn1c(=O)c2cccn2c2ccncc21. The van der Waals surface area contributed by atoms with Crippen LogP contribution in [0.15, 0.2) is 41.6 Å². The second kappa shape index (κ2) is 3.20. The predicted octanol–water partition coefficient (Wildman–Crippen LogP) is 1.67. The first kappa shape index (κ1) is 9.15. The average Bonchev–Trinajstić information content (AvgIpc) is 2.79. The Kier molecular flexibility index (Phi) is 1.83. The lowest BCUT2D eigenvalue weighted by atomic mass is 10.3. The number of fused-ring (bicyclic) bond motifs is 3. The molecule has 0 amide bonds. The van der Waals surface area contributed by atoms with Gasteiger partial charge in [-0.1, -0.05) is 0 Å². The molecule has 0 N–H and O–H groups in total. The molecule has 3 heterocycles. The first-order valence-corrected chi connectivity index (χ1v) is 5.26. The maximum atomic E-state index is 12.1. The van der Waals surface area contributed by atoms with Gasteiger partial charge in [-0.15, -0.1) is 0 Å². The summed E-state index contributed by atoms with van der Waals surface area (Å²) in [5.74, 6) is 0. The van der Waals surface area contributed by atoms with Crippen LogP contribution in [0.25, 0.3) is 16.6 Å². The van der Waals surface area contributed by atoms with E-state index in [1.54, 1.807) is 17.0 Å². The van der Waals surface area contributed by atoms with E-state index in [1.807, 2.05) is 35.7 Å². The van der Waals surface area contributed by atoms with Crippen molar-refractivity contribution in [3.8, 4) is 0 Å². The van der Waals surface area contributed by atoms with Gasteiger partial charge in [-0.2, -0.15) is 0 Å². The number of aromatic nitrogens is 3. The van der Waals surface area contributed by atoms with Crippen molar-refractivity contribution in [1.82, 2.24) is 14.0 Å². The van der Waals surface area contributed by atoms with Crippen LogP contribution in [0, 0.1) is 0 Å². The first-order chi connectivity index (χ1) is 7.83. The molecule has 4 heteroatoms. The van der Waals surface area contributed by atoms with E-state index >= 15 is 0 Å². The van der Waals surface area contributed by atoms with Gasteiger partial charge < -0.3 is 8.97 Å². The summed E-state index contributed by atoms with van der Waals surface area (Å²) in [6, 6.07) is 5.65. The average molecular weight is 213 g/mol. The van der Waals surface area contributed by atoms with Crippen molar-refractivity contribution in [2.45, 2.75) is 13.5 Å². The molecule has 0 fully saturated rings. The largest absolute Gasteiger partial charge is 0.310 e. The Morgan fingerprint density at radius 3 is 2.94 bits per heavy atom. The Morgan fingerprint density at radius 2 is 2.12 bits per heavy atom. The molecule has 0 saturated heterocycles. The predicted molar refractivity (Wildman–Crippen MR) is 62.6 cm³/mol. The Hall–Kier alpha value is -2.10. The molecule has 3 aromatic rings. The van der Waals surface area contributed by atoms with Crippen LogP contribution in [0.3, 0.4) is 0 Å². The smallest absolute Gasteiger partial charge is 0.275 e. The number of rotatable bonds is 1. The number of hydrogen-bond donors (Lipinski definition) is 0. The van der Waals surface area contributed by atoms with E-state index in [-0.39, 0.29) is 5.56 Å². The minimum absolute atomic E-state index is 0.0352. The van der Waals surface area contributed by atoms with Crippen LogP contribution in [0.2, 0.25) is 0 Å². The fourth-order valence-electron chi connectivity index (χ4n) is 2.12. The number of hydrogen-bond acceptors (Lipinski definition) is 2. The monoisotopic (exact) mass is 213 g/mol. The normalized spacial score (nSPS) is 11.3. The zero-order valence-electron chi connectivity index (χ0n) is 8.92. The molecule has 4 nitrogen and oxygen atoms in total. The zero-order valence-corrected chi connectivity index (χ0v) is 8.92. The molecule has 0 saturated carbocycles. The van der Waals surface area contributed by atoms with Gasteiger partial charge in [0.15, 0.2) is 0 Å². The van der Waals surface area contributed by atoms with Crippen LogP contribution in [-0.4, -0.2) is 14.0 Å². The van der Waals surface area contributed by atoms with Gasteiger partial charge in [0.05, 0.1) is 17.2 Å². The van der Waals surface area contributed by atoms with E-state index in [0.717, 1.165) is 11.0 Å². The first-order valence-electron chi connectivity index (χ1n) is 5.26. The third kappa shape index (κ3) is 1.04. The Bertz CT molecular complexity index is 724. The highest BCUT2D eigenvalue weighted by atomic mass is 16.1. The summed E-state index contributed by atoms with van der Waals surface area (Å²) in [5, 5.41) is 0. The summed E-state index contributed by atoms with van der Waals surface area (Å²) < 4.78 is 3.66. The van der Waals surface area contributed by atoms with Crippen LogP contribution in [0.5, 0.6) is 0 Å². The van der Waals surface area contributed by atoms with Crippen molar-refractivity contribution in [2.24, 2.45) is 0 Å². The summed E-state index contributed by atoms with van der Waals surface area (Å²) >= 11 is 0. The van der Waals surface area contributed by atoms with E-state index in [2.05, 4.69) is 4.98 Å². The Morgan fingerprint density at radius 1 is 1.25 bits per heavy atom. The lowest BCUT2D eigenvalue weighted by Gasteiger charge is -2.09. The van der Waals surface area contributed by atoms with Crippen LogP contribution >= 0.6 is 0 Å². The Balaban J connectivity index is 2.70. The Labute approximate surface area is 91.8 Å². The topological polar surface area (TPSA) is 39.3 Å². The molecule has 0 bridgehead atoms. The molecular formula is C12H11N3O. The quantitative estimate of drug-likeness (QED) is 0.616. The van der Waals surface area contributed by atoms with E-state index < -0.39 is 0 Å². The van der Waals surface area contributed by atoms with Gasteiger partial charge >= 0.3 is 0 Å².